The van der Waals surface area contributed by atoms with Crippen LogP contribution in [0.25, 0.3) is 0 Å². The van der Waals surface area contributed by atoms with Gasteiger partial charge in [0.2, 0.25) is 0 Å². The van der Waals surface area contributed by atoms with Crippen LogP contribution in [0.3, 0.4) is 0 Å². The Morgan fingerprint density at radius 1 is 1.04 bits per heavy atom. The second kappa shape index (κ2) is 8.09. The summed E-state index contributed by atoms with van der Waals surface area (Å²) >= 11 is 6.66. The molecule has 1 aliphatic heterocycles. The van der Waals surface area contributed by atoms with Crippen LogP contribution in [0.5, 0.6) is 11.5 Å². The standard InChI is InChI=1S/C20H25ClN2O2/c1-14-5-4-6-15(11-14)20(23-9-7-22-8-10-23)16-12-18(24-2)19(25-3)13-17(16)21/h4-6,11-13,20,22H,7-10H2,1-3H3. The lowest BCUT2D eigenvalue weighted by atomic mass is 9.94. The van der Waals surface area contributed by atoms with Crippen molar-refractivity contribution >= 4 is 11.6 Å². The summed E-state index contributed by atoms with van der Waals surface area (Å²) in [6, 6.07) is 12.6. The van der Waals surface area contributed by atoms with Gasteiger partial charge in [-0.1, -0.05) is 41.4 Å². The highest BCUT2D eigenvalue weighted by atomic mass is 35.5. The molecule has 2 aromatic carbocycles. The first-order chi connectivity index (χ1) is 12.1. The lowest BCUT2D eigenvalue weighted by Crippen LogP contribution is -2.45. The first-order valence-electron chi connectivity index (χ1n) is 8.56. The van der Waals surface area contributed by atoms with E-state index in [1.807, 2.05) is 12.1 Å². The molecule has 1 saturated heterocycles. The van der Waals surface area contributed by atoms with Gasteiger partial charge in [0.25, 0.3) is 0 Å². The number of rotatable bonds is 5. The molecular weight excluding hydrogens is 336 g/mol. The summed E-state index contributed by atoms with van der Waals surface area (Å²) in [5.74, 6) is 1.36. The smallest absolute Gasteiger partial charge is 0.162 e. The first-order valence-corrected chi connectivity index (χ1v) is 8.94. The van der Waals surface area contributed by atoms with Crippen LogP contribution in [0.4, 0.5) is 0 Å². The van der Waals surface area contributed by atoms with Gasteiger partial charge in [0, 0.05) is 37.3 Å². The van der Waals surface area contributed by atoms with Crippen LogP contribution in [0.2, 0.25) is 5.02 Å². The fourth-order valence-corrected chi connectivity index (χ4v) is 3.70. The number of piperazine rings is 1. The minimum atomic E-state index is 0.0920. The van der Waals surface area contributed by atoms with Crippen LogP contribution in [0.15, 0.2) is 36.4 Å². The highest BCUT2D eigenvalue weighted by Crippen LogP contribution is 2.40. The predicted octanol–water partition coefficient (Wildman–Crippen LogP) is 3.66. The van der Waals surface area contributed by atoms with Gasteiger partial charge in [0.15, 0.2) is 11.5 Å². The van der Waals surface area contributed by atoms with Gasteiger partial charge in [0.1, 0.15) is 0 Å². The van der Waals surface area contributed by atoms with Crippen molar-refractivity contribution in [3.8, 4) is 11.5 Å². The molecule has 0 radical (unpaired) electrons. The molecule has 1 heterocycles. The molecule has 4 nitrogen and oxygen atoms in total. The number of halogens is 1. The van der Waals surface area contributed by atoms with E-state index in [1.54, 1.807) is 14.2 Å². The molecule has 3 rings (SSSR count). The van der Waals surface area contributed by atoms with E-state index in [-0.39, 0.29) is 6.04 Å². The average Bonchev–Trinajstić information content (AvgIpc) is 2.64. The highest BCUT2D eigenvalue weighted by molar-refractivity contribution is 6.31. The zero-order valence-corrected chi connectivity index (χ0v) is 15.8. The Balaban J connectivity index is 2.11. The summed E-state index contributed by atoms with van der Waals surface area (Å²) < 4.78 is 10.9. The number of hydrogen-bond acceptors (Lipinski definition) is 4. The molecule has 5 heteroatoms. The van der Waals surface area contributed by atoms with Gasteiger partial charge in [0.05, 0.1) is 20.3 Å². The van der Waals surface area contributed by atoms with Crippen molar-refractivity contribution in [3.63, 3.8) is 0 Å². The molecule has 0 spiro atoms. The summed E-state index contributed by atoms with van der Waals surface area (Å²) in [6.07, 6.45) is 0. The Morgan fingerprint density at radius 3 is 2.36 bits per heavy atom. The second-order valence-corrected chi connectivity index (χ2v) is 6.74. The summed E-state index contributed by atoms with van der Waals surface area (Å²) in [4.78, 5) is 2.47. The van der Waals surface area contributed by atoms with Gasteiger partial charge in [-0.2, -0.15) is 0 Å². The Labute approximate surface area is 154 Å². The Morgan fingerprint density at radius 2 is 1.72 bits per heavy atom. The van der Waals surface area contributed by atoms with E-state index in [0.717, 1.165) is 31.7 Å². The van der Waals surface area contributed by atoms with Gasteiger partial charge in [-0.3, -0.25) is 4.90 Å². The van der Waals surface area contributed by atoms with Crippen LogP contribution < -0.4 is 14.8 Å². The predicted molar refractivity (Wildman–Crippen MR) is 102 cm³/mol. The maximum absolute atomic E-state index is 6.66. The Kier molecular flexibility index (Phi) is 5.84. The third-order valence-corrected chi connectivity index (χ3v) is 5.00. The third kappa shape index (κ3) is 3.92. The quantitative estimate of drug-likeness (QED) is 0.882. The fourth-order valence-electron chi connectivity index (χ4n) is 3.45. The lowest BCUT2D eigenvalue weighted by Gasteiger charge is -2.36. The Bertz CT molecular complexity index is 730. The van der Waals surface area contributed by atoms with Crippen LogP contribution in [0, 0.1) is 6.92 Å². The number of benzene rings is 2. The third-order valence-electron chi connectivity index (χ3n) is 4.67. The highest BCUT2D eigenvalue weighted by Gasteiger charge is 2.27. The van der Waals surface area contributed by atoms with Gasteiger partial charge >= 0.3 is 0 Å². The van der Waals surface area contributed by atoms with Crippen LogP contribution in [0.1, 0.15) is 22.7 Å². The molecule has 0 aromatic heterocycles. The van der Waals surface area contributed by atoms with E-state index in [1.165, 1.54) is 11.1 Å². The SMILES string of the molecule is COc1cc(Cl)c(C(c2cccc(C)c2)N2CCNCC2)cc1OC. The minimum absolute atomic E-state index is 0.0920. The molecule has 0 saturated carbocycles. The molecule has 0 bridgehead atoms. The van der Waals surface area contributed by atoms with Crippen molar-refractivity contribution in [1.82, 2.24) is 10.2 Å². The van der Waals surface area contributed by atoms with Crippen molar-refractivity contribution in [2.24, 2.45) is 0 Å². The molecule has 0 aliphatic carbocycles. The molecule has 25 heavy (non-hydrogen) atoms. The van der Waals surface area contributed by atoms with E-state index in [9.17, 15) is 0 Å². The molecule has 0 amide bonds. The minimum Gasteiger partial charge on any atom is -0.493 e. The van der Waals surface area contributed by atoms with Crippen LogP contribution in [-0.4, -0.2) is 45.3 Å². The molecule has 1 N–H and O–H groups in total. The molecule has 1 unspecified atom stereocenters. The summed E-state index contributed by atoms with van der Waals surface area (Å²) in [5, 5.41) is 4.12. The van der Waals surface area contributed by atoms with Crippen LogP contribution in [-0.2, 0) is 0 Å². The largest absolute Gasteiger partial charge is 0.493 e. The zero-order valence-electron chi connectivity index (χ0n) is 15.0. The number of ether oxygens (including phenoxy) is 2. The number of methoxy groups -OCH3 is 2. The van der Waals surface area contributed by atoms with E-state index in [2.05, 4.69) is 41.4 Å². The molecule has 1 aliphatic rings. The van der Waals surface area contributed by atoms with Crippen molar-refractivity contribution in [1.29, 1.82) is 0 Å². The summed E-state index contributed by atoms with van der Waals surface area (Å²) in [6.45, 7) is 6.03. The second-order valence-electron chi connectivity index (χ2n) is 6.33. The molecule has 2 aromatic rings. The maximum atomic E-state index is 6.66. The summed E-state index contributed by atoms with van der Waals surface area (Å²) in [7, 11) is 3.28. The number of nitrogens with one attached hydrogen (secondary N) is 1. The Hall–Kier alpha value is -1.75. The monoisotopic (exact) mass is 360 g/mol. The first kappa shape index (κ1) is 18.1. The average molecular weight is 361 g/mol. The van der Waals surface area contributed by atoms with Gasteiger partial charge < -0.3 is 14.8 Å². The molecule has 1 fully saturated rings. The number of nitrogens with zero attached hydrogens (tertiary/aromatic N) is 1. The molecule has 134 valence electrons. The van der Waals surface area contributed by atoms with E-state index in [4.69, 9.17) is 21.1 Å². The molecular formula is C20H25ClN2O2. The number of aryl methyl sites for hydroxylation is 1. The number of hydrogen-bond donors (Lipinski definition) is 1. The van der Waals surface area contributed by atoms with Crippen LogP contribution >= 0.6 is 11.6 Å². The fraction of sp³-hybridized carbons (Fsp3) is 0.400. The molecule has 1 atom stereocenters. The van der Waals surface area contributed by atoms with Crippen molar-refractivity contribution in [2.75, 3.05) is 40.4 Å². The van der Waals surface area contributed by atoms with E-state index in [0.29, 0.717) is 16.5 Å². The van der Waals surface area contributed by atoms with Gasteiger partial charge in [-0.25, -0.2) is 0 Å². The maximum Gasteiger partial charge on any atom is 0.162 e. The van der Waals surface area contributed by atoms with Crippen molar-refractivity contribution in [2.45, 2.75) is 13.0 Å². The topological polar surface area (TPSA) is 33.7 Å². The van der Waals surface area contributed by atoms with E-state index >= 15 is 0 Å². The lowest BCUT2D eigenvalue weighted by molar-refractivity contribution is 0.198. The van der Waals surface area contributed by atoms with Gasteiger partial charge in [-0.05, 0) is 24.1 Å². The normalized spacial score (nSPS) is 16.5. The van der Waals surface area contributed by atoms with E-state index < -0.39 is 0 Å². The van der Waals surface area contributed by atoms with Gasteiger partial charge in [-0.15, -0.1) is 0 Å². The van der Waals surface area contributed by atoms with Crippen molar-refractivity contribution < 1.29 is 9.47 Å². The zero-order chi connectivity index (χ0) is 17.8. The van der Waals surface area contributed by atoms with Crippen molar-refractivity contribution in [3.05, 3.63) is 58.1 Å². The summed E-state index contributed by atoms with van der Waals surface area (Å²) in [5.41, 5.74) is 3.54.